The van der Waals surface area contributed by atoms with Crippen LogP contribution in [0, 0.1) is 10.8 Å². The first-order valence-electron chi connectivity index (χ1n) is 5.03. The van der Waals surface area contributed by atoms with Crippen molar-refractivity contribution in [2.75, 3.05) is 0 Å². The van der Waals surface area contributed by atoms with E-state index in [4.69, 9.17) is 0 Å². The minimum atomic E-state index is 0.363. The Labute approximate surface area is 74.5 Å². The van der Waals surface area contributed by atoms with Gasteiger partial charge in [-0.2, -0.15) is 0 Å². The summed E-state index contributed by atoms with van der Waals surface area (Å²) in [6, 6.07) is 0. The predicted molar refractivity (Wildman–Crippen MR) is 48.9 cm³/mol. The molecule has 2 rings (SSSR count). The first-order valence-corrected chi connectivity index (χ1v) is 5.03. The molecule has 2 fully saturated rings. The zero-order valence-electron chi connectivity index (χ0n) is 8.15. The standard InChI is InChI=1S/C11H18O/c1-10-4-3-5-11(2,8-10)7-9(12)6-10/h3-8H2,1-2H3. The van der Waals surface area contributed by atoms with Gasteiger partial charge < -0.3 is 0 Å². The molecule has 0 saturated heterocycles. The van der Waals surface area contributed by atoms with Crippen molar-refractivity contribution in [1.29, 1.82) is 0 Å². The van der Waals surface area contributed by atoms with Crippen LogP contribution in [0.5, 0.6) is 0 Å². The molecule has 1 nitrogen and oxygen atoms in total. The molecule has 12 heavy (non-hydrogen) atoms. The molecule has 2 aliphatic rings. The molecule has 2 atom stereocenters. The summed E-state index contributed by atoms with van der Waals surface area (Å²) in [6.45, 7) is 4.59. The van der Waals surface area contributed by atoms with Crippen LogP contribution in [-0.4, -0.2) is 5.78 Å². The number of carbonyl (C=O) groups is 1. The summed E-state index contributed by atoms with van der Waals surface area (Å²) in [5, 5.41) is 0. The maximum atomic E-state index is 11.5. The van der Waals surface area contributed by atoms with Crippen LogP contribution in [-0.2, 0) is 4.79 Å². The van der Waals surface area contributed by atoms with Gasteiger partial charge in [-0.05, 0) is 30.1 Å². The monoisotopic (exact) mass is 166 g/mol. The molecule has 2 saturated carbocycles. The zero-order chi connectivity index (χ0) is 8.82. The van der Waals surface area contributed by atoms with E-state index in [1.54, 1.807) is 0 Å². The second kappa shape index (κ2) is 2.34. The summed E-state index contributed by atoms with van der Waals surface area (Å²) in [4.78, 5) is 11.5. The van der Waals surface area contributed by atoms with Crippen LogP contribution in [0.3, 0.4) is 0 Å². The Hall–Kier alpha value is -0.330. The number of hydrogen-bond donors (Lipinski definition) is 0. The van der Waals surface area contributed by atoms with Crippen LogP contribution in [0.25, 0.3) is 0 Å². The minimum Gasteiger partial charge on any atom is -0.300 e. The maximum absolute atomic E-state index is 11.5. The fraction of sp³-hybridized carbons (Fsp3) is 0.909. The first-order chi connectivity index (χ1) is 5.52. The maximum Gasteiger partial charge on any atom is 0.133 e. The van der Waals surface area contributed by atoms with Gasteiger partial charge in [0.25, 0.3) is 0 Å². The van der Waals surface area contributed by atoms with Gasteiger partial charge in [-0.25, -0.2) is 0 Å². The van der Waals surface area contributed by atoms with Crippen LogP contribution in [0.15, 0.2) is 0 Å². The normalized spacial score (nSPS) is 47.7. The molecule has 0 heterocycles. The van der Waals surface area contributed by atoms with Crippen molar-refractivity contribution in [2.24, 2.45) is 10.8 Å². The van der Waals surface area contributed by atoms with Crippen molar-refractivity contribution in [3.8, 4) is 0 Å². The highest BCUT2D eigenvalue weighted by Gasteiger charge is 2.45. The molecule has 0 aromatic heterocycles. The highest BCUT2D eigenvalue weighted by Crippen LogP contribution is 2.53. The van der Waals surface area contributed by atoms with Crippen molar-refractivity contribution in [3.63, 3.8) is 0 Å². The summed E-state index contributed by atoms with van der Waals surface area (Å²) in [5.41, 5.74) is 0.727. The van der Waals surface area contributed by atoms with E-state index in [9.17, 15) is 4.79 Å². The minimum absolute atomic E-state index is 0.363. The predicted octanol–water partition coefficient (Wildman–Crippen LogP) is 2.94. The van der Waals surface area contributed by atoms with Crippen LogP contribution in [0.1, 0.15) is 52.4 Å². The van der Waals surface area contributed by atoms with Gasteiger partial charge in [0.1, 0.15) is 5.78 Å². The number of Topliss-reactive ketones (excluding diaryl/α,β-unsaturated/α-hetero) is 1. The zero-order valence-corrected chi connectivity index (χ0v) is 8.15. The molecular formula is C11H18O. The Morgan fingerprint density at radius 2 is 1.58 bits per heavy atom. The summed E-state index contributed by atoms with van der Waals surface area (Å²) in [5.74, 6) is 0.506. The lowest BCUT2D eigenvalue weighted by molar-refractivity contribution is -0.130. The summed E-state index contributed by atoms with van der Waals surface area (Å²) in [6.07, 6.45) is 6.86. The van der Waals surface area contributed by atoms with Crippen molar-refractivity contribution >= 4 is 5.78 Å². The summed E-state index contributed by atoms with van der Waals surface area (Å²) < 4.78 is 0. The van der Waals surface area contributed by atoms with Gasteiger partial charge in [0.05, 0.1) is 0 Å². The van der Waals surface area contributed by atoms with Gasteiger partial charge in [-0.15, -0.1) is 0 Å². The number of rotatable bonds is 0. The second-order valence-corrected chi connectivity index (χ2v) is 5.54. The average Bonchev–Trinajstić information content (AvgIpc) is 1.79. The first kappa shape index (κ1) is 8.28. The summed E-state index contributed by atoms with van der Waals surface area (Å²) >= 11 is 0. The lowest BCUT2D eigenvalue weighted by Crippen LogP contribution is -2.41. The molecule has 0 aromatic carbocycles. The highest BCUT2D eigenvalue weighted by atomic mass is 16.1. The fourth-order valence-electron chi connectivity index (χ4n) is 3.47. The Kier molecular flexibility index (Phi) is 1.61. The molecule has 0 N–H and O–H groups in total. The van der Waals surface area contributed by atoms with Gasteiger partial charge in [0.2, 0.25) is 0 Å². The highest BCUT2D eigenvalue weighted by molar-refractivity contribution is 5.80. The van der Waals surface area contributed by atoms with E-state index in [1.807, 2.05) is 0 Å². The van der Waals surface area contributed by atoms with E-state index in [-0.39, 0.29) is 0 Å². The van der Waals surface area contributed by atoms with Crippen LogP contribution < -0.4 is 0 Å². The Balaban J connectivity index is 2.24. The van der Waals surface area contributed by atoms with Gasteiger partial charge in [-0.3, -0.25) is 4.79 Å². The number of fused-ring (bicyclic) bond motifs is 2. The molecule has 2 aliphatic carbocycles. The number of carbonyl (C=O) groups excluding carboxylic acids is 1. The number of hydrogen-bond acceptors (Lipinski definition) is 1. The average molecular weight is 166 g/mol. The lowest BCUT2D eigenvalue weighted by atomic mass is 9.56. The van der Waals surface area contributed by atoms with E-state index in [1.165, 1.54) is 25.7 Å². The molecule has 1 heteroatoms. The van der Waals surface area contributed by atoms with Crippen LogP contribution in [0.4, 0.5) is 0 Å². The Morgan fingerprint density at radius 3 is 2.08 bits per heavy atom. The third-order valence-corrected chi connectivity index (χ3v) is 3.66. The Morgan fingerprint density at radius 1 is 1.08 bits per heavy atom. The molecule has 0 aliphatic heterocycles. The molecule has 0 spiro atoms. The molecule has 0 aromatic rings. The Bertz CT molecular complexity index is 201. The van der Waals surface area contributed by atoms with E-state index in [2.05, 4.69) is 13.8 Å². The molecule has 0 amide bonds. The van der Waals surface area contributed by atoms with E-state index in [0.29, 0.717) is 16.6 Å². The van der Waals surface area contributed by atoms with E-state index < -0.39 is 0 Å². The third-order valence-electron chi connectivity index (χ3n) is 3.66. The fourth-order valence-corrected chi connectivity index (χ4v) is 3.47. The van der Waals surface area contributed by atoms with Gasteiger partial charge >= 0.3 is 0 Å². The van der Waals surface area contributed by atoms with Crippen molar-refractivity contribution < 1.29 is 4.79 Å². The largest absolute Gasteiger partial charge is 0.300 e. The molecule has 68 valence electrons. The second-order valence-electron chi connectivity index (χ2n) is 5.54. The van der Waals surface area contributed by atoms with Crippen molar-refractivity contribution in [1.82, 2.24) is 0 Å². The molecule has 2 unspecified atom stereocenters. The van der Waals surface area contributed by atoms with Crippen LogP contribution >= 0.6 is 0 Å². The lowest BCUT2D eigenvalue weighted by Gasteiger charge is -2.48. The van der Waals surface area contributed by atoms with Crippen LogP contribution in [0.2, 0.25) is 0 Å². The van der Waals surface area contributed by atoms with Gasteiger partial charge in [0, 0.05) is 12.8 Å². The molecule has 0 radical (unpaired) electrons. The smallest absolute Gasteiger partial charge is 0.133 e. The number of ketones is 1. The van der Waals surface area contributed by atoms with Crippen molar-refractivity contribution in [2.45, 2.75) is 52.4 Å². The van der Waals surface area contributed by atoms with Gasteiger partial charge in [0.15, 0.2) is 0 Å². The third kappa shape index (κ3) is 1.30. The quantitative estimate of drug-likeness (QED) is 0.540. The molecule has 2 bridgehead atoms. The van der Waals surface area contributed by atoms with E-state index >= 15 is 0 Å². The van der Waals surface area contributed by atoms with Crippen molar-refractivity contribution in [3.05, 3.63) is 0 Å². The summed E-state index contributed by atoms with van der Waals surface area (Å²) in [7, 11) is 0. The van der Waals surface area contributed by atoms with Gasteiger partial charge in [-0.1, -0.05) is 20.3 Å². The topological polar surface area (TPSA) is 17.1 Å². The SMILES string of the molecule is CC12CCCC(C)(CC(=O)C1)C2. The van der Waals surface area contributed by atoms with E-state index in [0.717, 1.165) is 12.8 Å². The molecular weight excluding hydrogens is 148 g/mol.